The molecule has 1 aromatic carbocycles. The maximum absolute atomic E-state index is 12.5. The van der Waals surface area contributed by atoms with Crippen LogP contribution in [0.15, 0.2) is 24.3 Å². The Kier molecular flexibility index (Phi) is 6.12. The van der Waals surface area contributed by atoms with Gasteiger partial charge in [-0.1, -0.05) is 57.4 Å². The molecule has 1 rings (SSSR count). The first-order valence-corrected chi connectivity index (χ1v) is 7.09. The fourth-order valence-electron chi connectivity index (χ4n) is 2.04. The molecule has 0 aliphatic carbocycles. The zero-order chi connectivity index (χ0) is 15.3. The topological polar surface area (TPSA) is 3.24 Å². The highest BCUT2D eigenvalue weighted by Gasteiger charge is 2.30. The van der Waals surface area contributed by atoms with Crippen LogP contribution in [0.25, 0.3) is 0 Å². The number of hydrogen-bond acceptors (Lipinski definition) is 1. The Morgan fingerprint density at radius 3 is 1.80 bits per heavy atom. The molecular weight excluding hydrogens is 262 g/mol. The van der Waals surface area contributed by atoms with E-state index >= 15 is 0 Å². The Bertz CT molecular complexity index is 393. The molecule has 0 N–H and O–H groups in total. The predicted molar refractivity (Wildman–Crippen MR) is 78.2 cm³/mol. The molecule has 0 saturated heterocycles. The van der Waals surface area contributed by atoms with Gasteiger partial charge in [-0.25, -0.2) is 0 Å². The molecule has 1 radical (unpaired) electrons. The third kappa shape index (κ3) is 4.55. The average molecular weight is 284 g/mol. The molecule has 0 aliphatic rings. The standard InChI is InChI=1S/C15H22BF3N/c1-5-11(3)20(12(4)6-2)16-14-9-7-13(8-10-14)15(17,18)19/h7-12H,5-6H2,1-4H3. The molecule has 0 saturated carbocycles. The molecule has 0 spiro atoms. The van der Waals surface area contributed by atoms with Crippen LogP contribution in [0.2, 0.25) is 0 Å². The first-order chi connectivity index (χ1) is 9.29. The van der Waals surface area contributed by atoms with Crippen LogP contribution in [0.3, 0.4) is 0 Å². The van der Waals surface area contributed by atoms with Crippen molar-refractivity contribution in [1.82, 2.24) is 4.81 Å². The van der Waals surface area contributed by atoms with Crippen LogP contribution < -0.4 is 5.46 Å². The highest BCUT2D eigenvalue weighted by atomic mass is 19.4. The summed E-state index contributed by atoms with van der Waals surface area (Å²) in [6.07, 6.45) is -2.27. The van der Waals surface area contributed by atoms with Crippen LogP contribution >= 0.6 is 0 Å². The van der Waals surface area contributed by atoms with Gasteiger partial charge in [0.25, 0.3) is 0 Å². The Labute approximate surface area is 120 Å². The fourth-order valence-corrected chi connectivity index (χ4v) is 2.04. The van der Waals surface area contributed by atoms with Crippen LogP contribution in [0.4, 0.5) is 13.2 Å². The smallest absolute Gasteiger partial charge is 0.337 e. The van der Waals surface area contributed by atoms with E-state index in [1.165, 1.54) is 12.1 Å². The molecule has 0 aromatic heterocycles. The number of rotatable bonds is 6. The number of halogens is 3. The molecule has 20 heavy (non-hydrogen) atoms. The quantitative estimate of drug-likeness (QED) is 0.717. The van der Waals surface area contributed by atoms with E-state index in [1.807, 2.05) is 7.41 Å². The van der Waals surface area contributed by atoms with Gasteiger partial charge in [0.15, 0.2) is 0 Å². The molecule has 2 atom stereocenters. The minimum atomic E-state index is -4.27. The van der Waals surface area contributed by atoms with E-state index in [0.717, 1.165) is 30.4 Å². The number of hydrogen-bond donors (Lipinski definition) is 0. The number of benzene rings is 1. The van der Waals surface area contributed by atoms with Gasteiger partial charge in [0.1, 0.15) is 0 Å². The molecule has 0 aliphatic heterocycles. The molecule has 0 amide bonds. The Balaban J connectivity index is 2.84. The molecule has 5 heteroatoms. The van der Waals surface area contributed by atoms with Crippen molar-refractivity contribution in [3.05, 3.63) is 29.8 Å². The second-order valence-corrected chi connectivity index (χ2v) is 5.21. The van der Waals surface area contributed by atoms with Gasteiger partial charge >= 0.3 is 6.18 Å². The summed E-state index contributed by atoms with van der Waals surface area (Å²) in [7, 11) is 1.96. The van der Waals surface area contributed by atoms with Crippen LogP contribution in [0.5, 0.6) is 0 Å². The second-order valence-electron chi connectivity index (χ2n) is 5.21. The van der Waals surface area contributed by atoms with Crippen molar-refractivity contribution in [3.8, 4) is 0 Å². The van der Waals surface area contributed by atoms with Crippen LogP contribution in [0, 0.1) is 0 Å². The van der Waals surface area contributed by atoms with Crippen molar-refractivity contribution in [2.24, 2.45) is 0 Å². The van der Waals surface area contributed by atoms with E-state index in [-0.39, 0.29) is 0 Å². The molecule has 0 fully saturated rings. The zero-order valence-electron chi connectivity index (χ0n) is 12.5. The second kappa shape index (κ2) is 7.16. The number of nitrogens with zero attached hydrogens (tertiary/aromatic N) is 1. The van der Waals surface area contributed by atoms with E-state index < -0.39 is 11.7 Å². The van der Waals surface area contributed by atoms with Gasteiger partial charge in [0.05, 0.1) is 5.56 Å². The van der Waals surface area contributed by atoms with E-state index in [1.54, 1.807) is 0 Å². The monoisotopic (exact) mass is 284 g/mol. The summed E-state index contributed by atoms with van der Waals surface area (Å²) < 4.78 is 37.6. The lowest BCUT2D eigenvalue weighted by atomic mass is 9.77. The largest absolute Gasteiger partial charge is 0.416 e. The summed E-state index contributed by atoms with van der Waals surface area (Å²) in [5.74, 6) is 0. The Morgan fingerprint density at radius 2 is 1.45 bits per heavy atom. The van der Waals surface area contributed by atoms with Crippen molar-refractivity contribution in [2.45, 2.75) is 58.8 Å². The van der Waals surface area contributed by atoms with Crippen molar-refractivity contribution in [2.75, 3.05) is 0 Å². The van der Waals surface area contributed by atoms with Crippen molar-refractivity contribution < 1.29 is 13.2 Å². The van der Waals surface area contributed by atoms with Gasteiger partial charge in [-0.3, -0.25) is 0 Å². The molecule has 1 aromatic rings. The summed E-state index contributed by atoms with van der Waals surface area (Å²) >= 11 is 0. The first kappa shape index (κ1) is 17.1. The Morgan fingerprint density at radius 1 is 1.00 bits per heavy atom. The maximum atomic E-state index is 12.5. The van der Waals surface area contributed by atoms with Gasteiger partial charge in [-0.2, -0.15) is 13.2 Å². The minimum absolute atomic E-state index is 0.368. The highest BCUT2D eigenvalue weighted by Crippen LogP contribution is 2.28. The van der Waals surface area contributed by atoms with Gasteiger partial charge in [-0.15, -0.1) is 0 Å². The first-order valence-electron chi connectivity index (χ1n) is 7.09. The van der Waals surface area contributed by atoms with Crippen molar-refractivity contribution in [3.63, 3.8) is 0 Å². The normalized spacial score (nSPS) is 15.2. The third-order valence-corrected chi connectivity index (χ3v) is 3.74. The molecular formula is C15H22BF3N. The van der Waals surface area contributed by atoms with Gasteiger partial charge in [0, 0.05) is 0 Å². The van der Waals surface area contributed by atoms with E-state index in [9.17, 15) is 13.2 Å². The molecule has 0 bridgehead atoms. The lowest BCUT2D eigenvalue weighted by molar-refractivity contribution is -0.137. The van der Waals surface area contributed by atoms with Gasteiger partial charge < -0.3 is 4.81 Å². The van der Waals surface area contributed by atoms with Crippen LogP contribution in [0.1, 0.15) is 46.1 Å². The summed E-state index contributed by atoms with van der Waals surface area (Å²) in [6, 6.07) is 6.06. The fraction of sp³-hybridized carbons (Fsp3) is 0.600. The molecule has 111 valence electrons. The lowest BCUT2D eigenvalue weighted by Gasteiger charge is -2.33. The van der Waals surface area contributed by atoms with E-state index in [4.69, 9.17) is 0 Å². The summed E-state index contributed by atoms with van der Waals surface area (Å²) in [5, 5.41) is 0. The molecule has 0 heterocycles. The summed E-state index contributed by atoms with van der Waals surface area (Å²) in [5.41, 5.74) is 0.201. The zero-order valence-corrected chi connectivity index (χ0v) is 12.5. The van der Waals surface area contributed by atoms with Crippen LogP contribution in [-0.4, -0.2) is 24.3 Å². The maximum Gasteiger partial charge on any atom is 0.416 e. The van der Waals surface area contributed by atoms with E-state index in [2.05, 4.69) is 32.5 Å². The third-order valence-electron chi connectivity index (χ3n) is 3.74. The SMILES string of the molecule is CCC(C)N([B]c1ccc(C(F)(F)F)cc1)C(C)CC. The van der Waals surface area contributed by atoms with Crippen molar-refractivity contribution in [1.29, 1.82) is 0 Å². The lowest BCUT2D eigenvalue weighted by Crippen LogP contribution is -2.47. The van der Waals surface area contributed by atoms with E-state index in [0.29, 0.717) is 12.1 Å². The average Bonchev–Trinajstić information content (AvgIpc) is 2.42. The molecule has 1 nitrogen and oxygen atoms in total. The predicted octanol–water partition coefficient (Wildman–Crippen LogP) is 3.85. The van der Waals surface area contributed by atoms with Crippen molar-refractivity contribution >= 4 is 12.9 Å². The summed E-state index contributed by atoms with van der Waals surface area (Å²) in [6.45, 7) is 8.49. The minimum Gasteiger partial charge on any atom is -0.337 e. The van der Waals surface area contributed by atoms with Crippen LogP contribution in [-0.2, 0) is 6.18 Å². The molecule has 2 unspecified atom stereocenters. The van der Waals surface area contributed by atoms with Gasteiger partial charge in [-0.05, 0) is 24.9 Å². The Hall–Kier alpha value is -0.965. The number of alkyl halides is 3. The highest BCUT2D eigenvalue weighted by molar-refractivity contribution is 6.50. The van der Waals surface area contributed by atoms with Gasteiger partial charge in [0.2, 0.25) is 7.41 Å². The summed E-state index contributed by atoms with van der Waals surface area (Å²) in [4.78, 5) is 2.22.